The van der Waals surface area contributed by atoms with E-state index < -0.39 is 5.97 Å². The Labute approximate surface area is 82.2 Å². The van der Waals surface area contributed by atoms with Gasteiger partial charge in [-0.2, -0.15) is 0 Å². The Morgan fingerprint density at radius 2 is 2.14 bits per heavy atom. The number of anilines is 1. The van der Waals surface area contributed by atoms with Gasteiger partial charge in [0.15, 0.2) is 0 Å². The summed E-state index contributed by atoms with van der Waals surface area (Å²) in [5, 5.41) is 8.31. The van der Waals surface area contributed by atoms with Crippen molar-refractivity contribution >= 4 is 17.7 Å². The average Bonchev–Trinajstić information content (AvgIpc) is 2.12. The molecule has 0 fully saturated rings. The summed E-state index contributed by atoms with van der Waals surface area (Å²) in [7, 11) is 0. The van der Waals surface area contributed by atoms with Crippen molar-refractivity contribution in [1.29, 1.82) is 0 Å². The molecule has 0 radical (unpaired) electrons. The molecule has 0 bridgehead atoms. The third-order valence-corrected chi connectivity index (χ3v) is 1.55. The zero-order valence-electron chi connectivity index (χ0n) is 7.55. The number of carboxylic acid groups (broad SMARTS) is 1. The van der Waals surface area contributed by atoms with Gasteiger partial charge in [-0.1, -0.05) is 30.4 Å². The van der Waals surface area contributed by atoms with Crippen LogP contribution < -0.4 is 5.73 Å². The molecule has 72 valence electrons. The Hall–Kier alpha value is -2.03. The maximum Gasteiger partial charge on any atom is 0.328 e. The number of hydrogen-bond acceptors (Lipinski definition) is 2. The maximum absolute atomic E-state index is 10.1. The first-order valence-electron chi connectivity index (χ1n) is 4.12. The van der Waals surface area contributed by atoms with Crippen LogP contribution in [0.5, 0.6) is 0 Å². The van der Waals surface area contributed by atoms with E-state index in [-0.39, 0.29) is 0 Å². The van der Waals surface area contributed by atoms with E-state index in [1.807, 2.05) is 18.2 Å². The molecule has 0 saturated heterocycles. The lowest BCUT2D eigenvalue weighted by atomic mass is 10.2. The Balaban J connectivity index is 2.64. The molecule has 3 heteroatoms. The summed E-state index contributed by atoms with van der Waals surface area (Å²) in [6.45, 7) is 0. The first-order valence-corrected chi connectivity index (χ1v) is 4.12. The van der Waals surface area contributed by atoms with Gasteiger partial charge in [-0.25, -0.2) is 4.79 Å². The predicted octanol–water partition coefficient (Wildman–Crippen LogP) is 1.92. The SMILES string of the molecule is Nc1cccc(C=CC=CC(=O)O)c1. The summed E-state index contributed by atoms with van der Waals surface area (Å²) < 4.78 is 0. The topological polar surface area (TPSA) is 63.3 Å². The third-order valence-electron chi connectivity index (χ3n) is 1.55. The number of allylic oxidation sites excluding steroid dienone is 2. The fourth-order valence-corrected chi connectivity index (χ4v) is 0.967. The number of aliphatic carboxylic acids is 1. The molecule has 3 nitrogen and oxygen atoms in total. The van der Waals surface area contributed by atoms with Crippen molar-refractivity contribution in [2.45, 2.75) is 0 Å². The second-order valence-corrected chi connectivity index (χ2v) is 2.73. The minimum atomic E-state index is -0.956. The van der Waals surface area contributed by atoms with Crippen LogP contribution >= 0.6 is 0 Å². The first-order chi connectivity index (χ1) is 6.68. The largest absolute Gasteiger partial charge is 0.478 e. The summed E-state index contributed by atoms with van der Waals surface area (Å²) in [5.74, 6) is -0.956. The number of nitrogen functional groups attached to an aromatic ring is 1. The summed E-state index contributed by atoms with van der Waals surface area (Å²) in [6.07, 6.45) is 5.98. The standard InChI is InChI=1S/C11H11NO2/c12-10-6-3-5-9(8-10)4-1-2-7-11(13)14/h1-8H,12H2,(H,13,14). The second kappa shape index (κ2) is 4.87. The molecular formula is C11H11NO2. The molecule has 0 amide bonds. The third kappa shape index (κ3) is 3.58. The first kappa shape index (κ1) is 10.1. The van der Waals surface area contributed by atoms with Crippen LogP contribution in [0.3, 0.4) is 0 Å². The van der Waals surface area contributed by atoms with E-state index in [9.17, 15) is 4.79 Å². The number of hydrogen-bond donors (Lipinski definition) is 2. The summed E-state index contributed by atoms with van der Waals surface area (Å²) in [5.41, 5.74) is 7.20. The molecule has 1 aromatic carbocycles. The zero-order valence-corrected chi connectivity index (χ0v) is 7.55. The highest BCUT2D eigenvalue weighted by Gasteiger charge is 1.86. The number of carboxylic acids is 1. The molecule has 0 aliphatic carbocycles. The maximum atomic E-state index is 10.1. The monoisotopic (exact) mass is 189 g/mol. The molecule has 14 heavy (non-hydrogen) atoms. The Morgan fingerprint density at radius 1 is 1.36 bits per heavy atom. The Kier molecular flexibility index (Phi) is 3.49. The average molecular weight is 189 g/mol. The van der Waals surface area contributed by atoms with E-state index >= 15 is 0 Å². The number of carbonyl (C=O) groups is 1. The Morgan fingerprint density at radius 3 is 2.79 bits per heavy atom. The minimum Gasteiger partial charge on any atom is -0.478 e. The van der Waals surface area contributed by atoms with E-state index in [0.29, 0.717) is 5.69 Å². The smallest absolute Gasteiger partial charge is 0.328 e. The van der Waals surface area contributed by atoms with Crippen LogP contribution in [-0.4, -0.2) is 11.1 Å². The fraction of sp³-hybridized carbons (Fsp3) is 0. The molecule has 0 atom stereocenters. The summed E-state index contributed by atoms with van der Waals surface area (Å²) in [6, 6.07) is 7.34. The molecule has 0 heterocycles. The van der Waals surface area contributed by atoms with Crippen molar-refractivity contribution in [2.24, 2.45) is 0 Å². The van der Waals surface area contributed by atoms with Crippen molar-refractivity contribution in [3.63, 3.8) is 0 Å². The lowest BCUT2D eigenvalue weighted by Crippen LogP contribution is -1.84. The van der Waals surface area contributed by atoms with E-state index in [2.05, 4.69) is 0 Å². The van der Waals surface area contributed by atoms with Crippen LogP contribution in [0.1, 0.15) is 5.56 Å². The van der Waals surface area contributed by atoms with Gasteiger partial charge in [0, 0.05) is 11.8 Å². The number of rotatable bonds is 3. The molecule has 1 aromatic rings. The molecule has 0 unspecified atom stereocenters. The van der Waals surface area contributed by atoms with E-state index in [4.69, 9.17) is 10.8 Å². The predicted molar refractivity (Wildman–Crippen MR) is 56.7 cm³/mol. The highest BCUT2D eigenvalue weighted by molar-refractivity contribution is 5.80. The number of benzene rings is 1. The van der Waals surface area contributed by atoms with Crippen LogP contribution in [-0.2, 0) is 4.79 Å². The highest BCUT2D eigenvalue weighted by Crippen LogP contribution is 2.07. The van der Waals surface area contributed by atoms with Crippen LogP contribution in [0.2, 0.25) is 0 Å². The highest BCUT2D eigenvalue weighted by atomic mass is 16.4. The van der Waals surface area contributed by atoms with Crippen molar-refractivity contribution in [2.75, 3.05) is 5.73 Å². The van der Waals surface area contributed by atoms with Gasteiger partial charge >= 0.3 is 5.97 Å². The van der Waals surface area contributed by atoms with Crippen molar-refractivity contribution in [3.05, 3.63) is 48.1 Å². The van der Waals surface area contributed by atoms with E-state index in [1.54, 1.807) is 18.2 Å². The molecule has 3 N–H and O–H groups in total. The summed E-state index contributed by atoms with van der Waals surface area (Å²) in [4.78, 5) is 10.1. The summed E-state index contributed by atoms with van der Waals surface area (Å²) >= 11 is 0. The normalized spacial score (nSPS) is 11.1. The van der Waals surface area contributed by atoms with Gasteiger partial charge < -0.3 is 10.8 Å². The quantitative estimate of drug-likeness (QED) is 0.433. The minimum absolute atomic E-state index is 0.689. The van der Waals surface area contributed by atoms with Crippen LogP contribution in [0.25, 0.3) is 6.08 Å². The van der Waals surface area contributed by atoms with Gasteiger partial charge in [-0.05, 0) is 17.7 Å². The lowest BCUT2D eigenvalue weighted by Gasteiger charge is -1.93. The van der Waals surface area contributed by atoms with Gasteiger partial charge in [0.1, 0.15) is 0 Å². The van der Waals surface area contributed by atoms with Gasteiger partial charge in [0.05, 0.1) is 0 Å². The van der Waals surface area contributed by atoms with Gasteiger partial charge in [0.2, 0.25) is 0 Å². The number of nitrogens with two attached hydrogens (primary N) is 1. The molecule has 0 aromatic heterocycles. The van der Waals surface area contributed by atoms with Crippen LogP contribution in [0.4, 0.5) is 5.69 Å². The zero-order chi connectivity index (χ0) is 10.4. The fourth-order valence-electron chi connectivity index (χ4n) is 0.967. The molecule has 0 spiro atoms. The van der Waals surface area contributed by atoms with Crippen LogP contribution in [0.15, 0.2) is 42.5 Å². The van der Waals surface area contributed by atoms with Crippen molar-refractivity contribution in [1.82, 2.24) is 0 Å². The molecular weight excluding hydrogens is 178 g/mol. The van der Waals surface area contributed by atoms with Crippen molar-refractivity contribution < 1.29 is 9.90 Å². The Bertz CT molecular complexity index is 381. The molecule has 1 rings (SSSR count). The molecule has 0 aliphatic heterocycles. The van der Waals surface area contributed by atoms with Crippen LogP contribution in [0, 0.1) is 0 Å². The van der Waals surface area contributed by atoms with Gasteiger partial charge in [0.25, 0.3) is 0 Å². The lowest BCUT2D eigenvalue weighted by molar-refractivity contribution is -0.131. The molecule has 0 aliphatic rings. The van der Waals surface area contributed by atoms with E-state index in [1.165, 1.54) is 6.08 Å². The van der Waals surface area contributed by atoms with Crippen molar-refractivity contribution in [3.8, 4) is 0 Å². The van der Waals surface area contributed by atoms with Gasteiger partial charge in [-0.15, -0.1) is 0 Å². The van der Waals surface area contributed by atoms with Gasteiger partial charge in [-0.3, -0.25) is 0 Å². The molecule has 0 saturated carbocycles. The van der Waals surface area contributed by atoms with E-state index in [0.717, 1.165) is 11.6 Å². The second-order valence-electron chi connectivity index (χ2n) is 2.73.